The average molecular weight is 329 g/mol. The highest BCUT2D eigenvalue weighted by molar-refractivity contribution is 9.11. The largest absolute Gasteiger partial charge is 0.383 e. The Kier molecular flexibility index (Phi) is 3.90. The fourth-order valence-electron chi connectivity index (χ4n) is 2.11. The maximum absolute atomic E-state index is 13.3. The van der Waals surface area contributed by atoms with E-state index in [2.05, 4.69) is 15.9 Å². The van der Waals surface area contributed by atoms with Crippen molar-refractivity contribution in [3.05, 3.63) is 54.9 Å². The molecule has 18 heavy (non-hydrogen) atoms. The van der Waals surface area contributed by atoms with E-state index in [0.717, 1.165) is 30.9 Å². The summed E-state index contributed by atoms with van der Waals surface area (Å²) >= 11 is 4.96. The smallest absolute Gasteiger partial charge is 0.123 e. The monoisotopic (exact) mass is 328 g/mol. The van der Waals surface area contributed by atoms with E-state index in [1.807, 2.05) is 26.8 Å². The standard InChI is InChI=1S/C14H14BrFOS/c1-7-4-10(16)5-8(2)12(7)13(17)11-6-9(3)14(15)18-11/h4-6,13,17H,1-3H3. The van der Waals surface area contributed by atoms with Crippen LogP contribution in [0.4, 0.5) is 4.39 Å². The van der Waals surface area contributed by atoms with E-state index in [-0.39, 0.29) is 5.82 Å². The number of rotatable bonds is 2. The molecule has 0 bridgehead atoms. The fourth-order valence-corrected chi connectivity index (χ4v) is 3.68. The quantitative estimate of drug-likeness (QED) is 0.850. The predicted molar refractivity (Wildman–Crippen MR) is 76.7 cm³/mol. The van der Waals surface area contributed by atoms with Crippen molar-refractivity contribution >= 4 is 27.3 Å². The van der Waals surface area contributed by atoms with Crippen molar-refractivity contribution in [1.29, 1.82) is 0 Å². The molecule has 1 heterocycles. The lowest BCUT2D eigenvalue weighted by Gasteiger charge is -2.15. The van der Waals surface area contributed by atoms with E-state index in [0.29, 0.717) is 0 Å². The molecule has 0 spiro atoms. The third-order valence-corrected chi connectivity index (χ3v) is 5.17. The lowest BCUT2D eigenvalue weighted by Crippen LogP contribution is -2.03. The zero-order valence-corrected chi connectivity index (χ0v) is 12.8. The van der Waals surface area contributed by atoms with Crippen LogP contribution in [0.5, 0.6) is 0 Å². The predicted octanol–water partition coefficient (Wildman–Crippen LogP) is 4.66. The van der Waals surface area contributed by atoms with Crippen LogP contribution in [-0.2, 0) is 0 Å². The van der Waals surface area contributed by atoms with Gasteiger partial charge in [0, 0.05) is 4.88 Å². The summed E-state index contributed by atoms with van der Waals surface area (Å²) in [6.45, 7) is 5.63. The minimum absolute atomic E-state index is 0.260. The van der Waals surface area contributed by atoms with Gasteiger partial charge in [0.05, 0.1) is 3.79 Å². The Labute approximate surface area is 118 Å². The number of halogens is 2. The van der Waals surface area contributed by atoms with Crippen molar-refractivity contribution in [3.8, 4) is 0 Å². The van der Waals surface area contributed by atoms with Gasteiger partial charge in [0.25, 0.3) is 0 Å². The van der Waals surface area contributed by atoms with Gasteiger partial charge in [-0.1, -0.05) is 0 Å². The van der Waals surface area contributed by atoms with Gasteiger partial charge < -0.3 is 5.11 Å². The fraction of sp³-hybridized carbons (Fsp3) is 0.286. The number of hydrogen-bond acceptors (Lipinski definition) is 2. The van der Waals surface area contributed by atoms with Crippen LogP contribution in [0.2, 0.25) is 0 Å². The minimum Gasteiger partial charge on any atom is -0.383 e. The first-order chi connectivity index (χ1) is 8.40. The van der Waals surface area contributed by atoms with Crippen LogP contribution in [0.3, 0.4) is 0 Å². The van der Waals surface area contributed by atoms with E-state index in [1.165, 1.54) is 23.5 Å². The van der Waals surface area contributed by atoms with E-state index in [9.17, 15) is 9.50 Å². The van der Waals surface area contributed by atoms with Gasteiger partial charge in [0.15, 0.2) is 0 Å². The van der Waals surface area contributed by atoms with Gasteiger partial charge in [-0.3, -0.25) is 0 Å². The number of thiophene rings is 1. The summed E-state index contributed by atoms with van der Waals surface area (Å²) in [7, 11) is 0. The maximum atomic E-state index is 13.3. The summed E-state index contributed by atoms with van der Waals surface area (Å²) in [6, 6.07) is 4.88. The van der Waals surface area contributed by atoms with E-state index in [1.54, 1.807) is 0 Å². The van der Waals surface area contributed by atoms with Crippen molar-refractivity contribution in [2.24, 2.45) is 0 Å². The number of aliphatic hydroxyl groups is 1. The molecule has 1 aromatic carbocycles. The van der Waals surface area contributed by atoms with Crippen LogP contribution >= 0.6 is 27.3 Å². The van der Waals surface area contributed by atoms with Crippen LogP contribution in [-0.4, -0.2) is 5.11 Å². The Balaban J connectivity index is 2.49. The van der Waals surface area contributed by atoms with Gasteiger partial charge >= 0.3 is 0 Å². The summed E-state index contributed by atoms with van der Waals surface area (Å²) in [5.74, 6) is -0.260. The second kappa shape index (κ2) is 5.11. The molecule has 1 unspecified atom stereocenters. The summed E-state index contributed by atoms with van der Waals surface area (Å²) < 4.78 is 14.3. The van der Waals surface area contributed by atoms with Crippen LogP contribution < -0.4 is 0 Å². The molecule has 0 aliphatic heterocycles. The summed E-state index contributed by atoms with van der Waals surface area (Å²) in [6.07, 6.45) is -0.694. The zero-order valence-electron chi connectivity index (χ0n) is 10.4. The molecule has 0 aliphatic rings. The molecule has 0 saturated heterocycles. The van der Waals surface area contributed by atoms with Crippen molar-refractivity contribution in [2.75, 3.05) is 0 Å². The Morgan fingerprint density at radius 2 is 1.67 bits per heavy atom. The average Bonchev–Trinajstić information content (AvgIpc) is 2.57. The Bertz CT molecular complexity index is 549. The molecule has 0 radical (unpaired) electrons. The highest BCUT2D eigenvalue weighted by Crippen LogP contribution is 2.36. The lowest BCUT2D eigenvalue weighted by atomic mass is 9.96. The van der Waals surface area contributed by atoms with Crippen molar-refractivity contribution in [3.63, 3.8) is 0 Å². The van der Waals surface area contributed by atoms with E-state index in [4.69, 9.17) is 0 Å². The highest BCUT2D eigenvalue weighted by Gasteiger charge is 2.19. The van der Waals surface area contributed by atoms with Gasteiger partial charge in [-0.2, -0.15) is 0 Å². The van der Waals surface area contributed by atoms with E-state index < -0.39 is 6.10 Å². The lowest BCUT2D eigenvalue weighted by molar-refractivity contribution is 0.222. The minimum atomic E-state index is -0.694. The SMILES string of the molecule is Cc1cc(C(O)c2c(C)cc(F)cc2C)sc1Br. The summed E-state index contributed by atoms with van der Waals surface area (Å²) in [4.78, 5) is 0.872. The van der Waals surface area contributed by atoms with Gasteiger partial charge in [-0.05, 0) is 77.2 Å². The molecule has 1 N–H and O–H groups in total. The van der Waals surface area contributed by atoms with Gasteiger partial charge in [-0.25, -0.2) is 4.39 Å². The van der Waals surface area contributed by atoms with Gasteiger partial charge in [-0.15, -0.1) is 11.3 Å². The first-order valence-corrected chi connectivity index (χ1v) is 7.21. The molecule has 1 atom stereocenters. The normalized spacial score (nSPS) is 12.8. The van der Waals surface area contributed by atoms with Crippen LogP contribution in [0, 0.1) is 26.6 Å². The van der Waals surface area contributed by atoms with Gasteiger partial charge in [0.2, 0.25) is 0 Å². The first-order valence-electron chi connectivity index (χ1n) is 5.60. The molecule has 2 aromatic rings. The molecule has 0 fully saturated rings. The number of benzene rings is 1. The van der Waals surface area contributed by atoms with Crippen molar-refractivity contribution < 1.29 is 9.50 Å². The zero-order chi connectivity index (χ0) is 13.4. The van der Waals surface area contributed by atoms with E-state index >= 15 is 0 Å². The third-order valence-electron chi connectivity index (χ3n) is 2.98. The van der Waals surface area contributed by atoms with Crippen LogP contribution in [0.25, 0.3) is 0 Å². The van der Waals surface area contributed by atoms with Crippen LogP contribution in [0.1, 0.15) is 33.2 Å². The van der Waals surface area contributed by atoms with Crippen molar-refractivity contribution in [2.45, 2.75) is 26.9 Å². The van der Waals surface area contributed by atoms with Crippen molar-refractivity contribution in [1.82, 2.24) is 0 Å². The van der Waals surface area contributed by atoms with Crippen LogP contribution in [0.15, 0.2) is 22.0 Å². The molecule has 0 saturated carbocycles. The Morgan fingerprint density at radius 3 is 2.11 bits per heavy atom. The molecule has 96 valence electrons. The second-order valence-corrected chi connectivity index (χ2v) is 6.86. The Hall–Kier alpha value is -0.710. The molecule has 4 heteroatoms. The molecule has 0 amide bonds. The maximum Gasteiger partial charge on any atom is 0.123 e. The molecular weight excluding hydrogens is 315 g/mol. The topological polar surface area (TPSA) is 20.2 Å². The third kappa shape index (κ3) is 2.51. The van der Waals surface area contributed by atoms with Gasteiger partial charge in [0.1, 0.15) is 11.9 Å². The molecule has 2 rings (SSSR count). The molecule has 0 aliphatic carbocycles. The summed E-state index contributed by atoms with van der Waals surface area (Å²) in [5, 5.41) is 10.4. The number of aliphatic hydroxyl groups excluding tert-OH is 1. The summed E-state index contributed by atoms with van der Waals surface area (Å²) in [5.41, 5.74) is 3.46. The molecule has 1 aromatic heterocycles. The first kappa shape index (κ1) is 13.7. The number of hydrogen-bond donors (Lipinski definition) is 1. The molecular formula is C14H14BrFOS. The second-order valence-electron chi connectivity index (χ2n) is 4.46. The highest BCUT2D eigenvalue weighted by atomic mass is 79.9. The number of aryl methyl sites for hydroxylation is 3. The molecule has 1 nitrogen and oxygen atoms in total. The Morgan fingerprint density at radius 1 is 1.11 bits per heavy atom.